The summed E-state index contributed by atoms with van der Waals surface area (Å²) in [6, 6.07) is 25.6. The molecule has 0 aliphatic heterocycles. The Morgan fingerprint density at radius 2 is 1.62 bits per heavy atom. The maximum absolute atomic E-state index is 12.8. The van der Waals surface area contributed by atoms with Gasteiger partial charge in [0.25, 0.3) is 5.91 Å². The van der Waals surface area contributed by atoms with E-state index >= 15 is 0 Å². The number of fused-ring (bicyclic) bond motifs is 1. The van der Waals surface area contributed by atoms with Gasteiger partial charge >= 0.3 is 0 Å². The average Bonchev–Trinajstić information content (AvgIpc) is 3.06. The molecule has 3 aromatic carbocycles. The lowest BCUT2D eigenvalue weighted by atomic mass is 10.1. The third-order valence-electron chi connectivity index (χ3n) is 5.29. The lowest BCUT2D eigenvalue weighted by Gasteiger charge is -2.09. The van der Waals surface area contributed by atoms with E-state index in [9.17, 15) is 10.1 Å². The Labute approximate surface area is 203 Å². The second kappa shape index (κ2) is 9.56. The van der Waals surface area contributed by atoms with Crippen LogP contribution >= 0.6 is 31.9 Å². The number of anilines is 1. The predicted molar refractivity (Wildman–Crippen MR) is 136 cm³/mol. The Bertz CT molecular complexity index is 1360. The number of hydrogen-bond donors (Lipinski definition) is 1. The van der Waals surface area contributed by atoms with E-state index in [4.69, 9.17) is 0 Å². The number of nitrogens with zero attached hydrogens (tertiary/aromatic N) is 2. The number of carbonyl (C=O) groups is 1. The number of nitriles is 1. The summed E-state index contributed by atoms with van der Waals surface area (Å²) < 4.78 is 4.17. The molecule has 0 saturated carbocycles. The maximum Gasteiger partial charge on any atom is 0.266 e. The van der Waals surface area contributed by atoms with E-state index in [0.717, 1.165) is 31.1 Å². The fourth-order valence-corrected chi connectivity index (χ4v) is 4.17. The van der Waals surface area contributed by atoms with Crippen molar-refractivity contribution in [2.75, 3.05) is 5.32 Å². The van der Waals surface area contributed by atoms with E-state index in [1.54, 1.807) is 18.2 Å². The molecular formula is C26H19Br2N3O. The molecule has 1 amide bonds. The zero-order valence-electron chi connectivity index (χ0n) is 17.3. The van der Waals surface area contributed by atoms with Gasteiger partial charge in [-0.2, -0.15) is 5.26 Å². The molecule has 4 aromatic rings. The molecule has 1 aromatic heterocycles. The molecule has 32 heavy (non-hydrogen) atoms. The summed E-state index contributed by atoms with van der Waals surface area (Å²) in [5.41, 5.74) is 4.79. The van der Waals surface area contributed by atoms with E-state index in [-0.39, 0.29) is 5.57 Å². The van der Waals surface area contributed by atoms with Crippen LogP contribution in [-0.4, -0.2) is 10.5 Å². The zero-order chi connectivity index (χ0) is 22.7. The molecule has 0 bridgehead atoms. The molecule has 158 valence electrons. The number of hydrogen-bond acceptors (Lipinski definition) is 2. The summed E-state index contributed by atoms with van der Waals surface area (Å²) in [4.78, 5) is 12.8. The van der Waals surface area contributed by atoms with Crippen LogP contribution in [0.5, 0.6) is 0 Å². The number of para-hydroxylation sites is 1. The van der Waals surface area contributed by atoms with Crippen molar-refractivity contribution in [2.24, 2.45) is 0 Å². The van der Waals surface area contributed by atoms with Crippen molar-refractivity contribution < 1.29 is 4.79 Å². The third-order valence-corrected chi connectivity index (χ3v) is 6.35. The van der Waals surface area contributed by atoms with Crippen LogP contribution in [0.4, 0.5) is 5.69 Å². The minimum atomic E-state index is -0.432. The van der Waals surface area contributed by atoms with Gasteiger partial charge in [0.2, 0.25) is 0 Å². The van der Waals surface area contributed by atoms with Gasteiger partial charge in [0.05, 0.1) is 0 Å². The van der Waals surface area contributed by atoms with Gasteiger partial charge in [-0.3, -0.25) is 4.79 Å². The smallest absolute Gasteiger partial charge is 0.266 e. The first-order chi connectivity index (χ1) is 15.5. The van der Waals surface area contributed by atoms with Gasteiger partial charge in [-0.25, -0.2) is 0 Å². The number of nitrogens with one attached hydrogen (secondary N) is 1. The van der Waals surface area contributed by atoms with Gasteiger partial charge < -0.3 is 9.88 Å². The Morgan fingerprint density at radius 3 is 2.28 bits per heavy atom. The van der Waals surface area contributed by atoms with Crippen LogP contribution in [-0.2, 0) is 11.3 Å². The largest absolute Gasteiger partial charge is 0.340 e. The van der Waals surface area contributed by atoms with Crippen molar-refractivity contribution in [3.05, 3.63) is 104 Å². The number of benzene rings is 3. The third kappa shape index (κ3) is 4.69. The molecular weight excluding hydrogens is 530 g/mol. The minimum absolute atomic E-state index is 0.0579. The van der Waals surface area contributed by atoms with E-state index in [1.165, 1.54) is 5.56 Å². The molecule has 0 unspecified atom stereocenters. The summed E-state index contributed by atoms with van der Waals surface area (Å²) in [6.45, 7) is 2.72. The van der Waals surface area contributed by atoms with Gasteiger partial charge in [0.15, 0.2) is 0 Å². The summed E-state index contributed by atoms with van der Waals surface area (Å²) in [5, 5.41) is 13.5. The maximum atomic E-state index is 12.8. The standard InChI is InChI=1S/C26H19Br2N3O/c1-17-24(14-19(15-29)26(32)30-22-12-10-21(28)11-13-22)23-4-2-3-5-25(23)31(17)16-18-6-8-20(27)9-7-18/h2-14H,16H2,1H3,(H,30,32)/b19-14-. The highest BCUT2D eigenvalue weighted by Gasteiger charge is 2.16. The first-order valence-electron chi connectivity index (χ1n) is 9.97. The monoisotopic (exact) mass is 547 g/mol. The number of carbonyl (C=O) groups excluding carboxylic acids is 1. The number of rotatable bonds is 5. The quantitative estimate of drug-likeness (QED) is 0.214. The van der Waals surface area contributed by atoms with E-state index in [1.807, 2.05) is 49.4 Å². The van der Waals surface area contributed by atoms with Crippen molar-refractivity contribution in [2.45, 2.75) is 13.5 Å². The van der Waals surface area contributed by atoms with Crippen molar-refractivity contribution in [3.63, 3.8) is 0 Å². The first kappa shape index (κ1) is 22.1. The highest BCUT2D eigenvalue weighted by molar-refractivity contribution is 9.10. The van der Waals surface area contributed by atoms with Crippen LogP contribution in [0.25, 0.3) is 17.0 Å². The van der Waals surface area contributed by atoms with Crippen molar-refractivity contribution >= 4 is 60.4 Å². The fourth-order valence-electron chi connectivity index (χ4n) is 3.64. The molecule has 0 atom stereocenters. The van der Waals surface area contributed by atoms with Crippen LogP contribution in [0.2, 0.25) is 0 Å². The van der Waals surface area contributed by atoms with Crippen LogP contribution in [0.3, 0.4) is 0 Å². The molecule has 4 nitrogen and oxygen atoms in total. The molecule has 1 N–H and O–H groups in total. The minimum Gasteiger partial charge on any atom is -0.340 e. The fraction of sp³-hybridized carbons (Fsp3) is 0.0769. The first-order valence-corrected chi connectivity index (χ1v) is 11.6. The highest BCUT2D eigenvalue weighted by Crippen LogP contribution is 2.29. The van der Waals surface area contributed by atoms with E-state index in [0.29, 0.717) is 12.2 Å². The summed E-state index contributed by atoms with van der Waals surface area (Å²) in [7, 11) is 0. The van der Waals surface area contributed by atoms with Gasteiger partial charge in [0.1, 0.15) is 11.6 Å². The molecule has 0 aliphatic rings. The van der Waals surface area contributed by atoms with E-state index < -0.39 is 5.91 Å². The second-order valence-electron chi connectivity index (χ2n) is 7.36. The van der Waals surface area contributed by atoms with Crippen LogP contribution < -0.4 is 5.32 Å². The molecule has 0 spiro atoms. The molecule has 0 radical (unpaired) electrons. The molecule has 6 heteroatoms. The van der Waals surface area contributed by atoms with Crippen LogP contribution in [0, 0.1) is 18.3 Å². The molecule has 0 aliphatic carbocycles. The van der Waals surface area contributed by atoms with Gasteiger partial charge in [-0.1, -0.05) is 62.2 Å². The second-order valence-corrected chi connectivity index (χ2v) is 9.19. The summed E-state index contributed by atoms with van der Waals surface area (Å²) >= 11 is 6.86. The zero-order valence-corrected chi connectivity index (χ0v) is 20.4. The van der Waals surface area contributed by atoms with Crippen molar-refractivity contribution in [1.29, 1.82) is 5.26 Å². The van der Waals surface area contributed by atoms with Gasteiger partial charge in [-0.05, 0) is 61.0 Å². The highest BCUT2D eigenvalue weighted by atomic mass is 79.9. The molecule has 0 saturated heterocycles. The van der Waals surface area contributed by atoms with Gasteiger partial charge in [0, 0.05) is 43.3 Å². The SMILES string of the molecule is Cc1c(/C=C(/C#N)C(=O)Nc2ccc(Br)cc2)c2ccccc2n1Cc1ccc(Br)cc1. The summed E-state index contributed by atoms with van der Waals surface area (Å²) in [5.74, 6) is -0.432. The Hall–Kier alpha value is -3.14. The summed E-state index contributed by atoms with van der Waals surface area (Å²) in [6.07, 6.45) is 1.68. The molecule has 1 heterocycles. The number of amides is 1. The van der Waals surface area contributed by atoms with Crippen molar-refractivity contribution in [1.82, 2.24) is 4.57 Å². The normalized spacial score (nSPS) is 11.4. The predicted octanol–water partition coefficient (Wildman–Crippen LogP) is 7.07. The lowest BCUT2D eigenvalue weighted by molar-refractivity contribution is -0.112. The Kier molecular flexibility index (Phi) is 6.59. The number of halogens is 2. The Morgan fingerprint density at radius 1 is 1.00 bits per heavy atom. The average molecular weight is 549 g/mol. The Balaban J connectivity index is 1.72. The van der Waals surface area contributed by atoms with Gasteiger partial charge in [-0.15, -0.1) is 0 Å². The number of aromatic nitrogens is 1. The topological polar surface area (TPSA) is 57.8 Å². The van der Waals surface area contributed by atoms with Crippen molar-refractivity contribution in [3.8, 4) is 6.07 Å². The van der Waals surface area contributed by atoms with Crippen LogP contribution in [0.1, 0.15) is 16.8 Å². The van der Waals surface area contributed by atoms with E-state index in [2.05, 4.69) is 66.0 Å². The lowest BCUT2D eigenvalue weighted by Crippen LogP contribution is -2.13. The molecule has 0 fully saturated rings. The van der Waals surface area contributed by atoms with Crippen LogP contribution in [0.15, 0.2) is 87.3 Å². The molecule has 4 rings (SSSR count).